The molecule has 0 spiro atoms. The minimum absolute atomic E-state index is 0.0529. The van der Waals surface area contributed by atoms with Crippen molar-refractivity contribution in [1.29, 1.82) is 0 Å². The number of benzene rings is 1. The van der Waals surface area contributed by atoms with E-state index in [1.54, 1.807) is 18.9 Å². The Hall–Kier alpha value is -0.370. The lowest BCUT2D eigenvalue weighted by Crippen LogP contribution is -2.60. The van der Waals surface area contributed by atoms with Crippen LogP contribution in [-0.2, 0) is 15.9 Å². The molecule has 1 aliphatic heterocycles. The van der Waals surface area contributed by atoms with Gasteiger partial charge in [0.1, 0.15) is 5.60 Å². The number of hydrogen-bond donors (Lipinski definition) is 2. The first kappa shape index (κ1) is 24.3. The van der Waals surface area contributed by atoms with E-state index < -0.39 is 23.4 Å². The van der Waals surface area contributed by atoms with Crippen molar-refractivity contribution >= 4 is 27.7 Å². The number of aliphatic hydroxyl groups is 2. The van der Waals surface area contributed by atoms with Crippen molar-refractivity contribution in [2.45, 2.75) is 76.0 Å². The van der Waals surface area contributed by atoms with Crippen LogP contribution in [0.1, 0.15) is 45.6 Å². The largest absolute Gasteiger partial charge is 0.390 e. The molecule has 6 unspecified atom stereocenters. The summed E-state index contributed by atoms with van der Waals surface area (Å²) in [6.45, 7) is 6.24. The van der Waals surface area contributed by atoms with Crippen LogP contribution in [0.4, 0.5) is 0 Å². The van der Waals surface area contributed by atoms with E-state index in [0.717, 1.165) is 23.1 Å². The molecular formula is C24H35BrO4S. The van der Waals surface area contributed by atoms with Crippen LogP contribution < -0.4 is 0 Å². The van der Waals surface area contributed by atoms with E-state index >= 15 is 0 Å². The molecule has 30 heavy (non-hydrogen) atoms. The van der Waals surface area contributed by atoms with Crippen molar-refractivity contribution in [1.82, 2.24) is 0 Å². The van der Waals surface area contributed by atoms with E-state index in [0.29, 0.717) is 18.6 Å². The molecule has 0 bridgehead atoms. The quantitative estimate of drug-likeness (QED) is 0.292. The van der Waals surface area contributed by atoms with Crippen LogP contribution in [0.5, 0.6) is 0 Å². The molecule has 6 atom stereocenters. The van der Waals surface area contributed by atoms with Gasteiger partial charge in [-0.3, -0.25) is 0 Å². The number of allylic oxidation sites excluding steroid dienone is 1. The van der Waals surface area contributed by atoms with Crippen LogP contribution in [0.2, 0.25) is 0 Å². The predicted octanol–water partition coefficient (Wildman–Crippen LogP) is 4.76. The average Bonchev–Trinajstić information content (AvgIpc) is 3.37. The second-order valence-corrected chi connectivity index (χ2v) is 11.0. The van der Waals surface area contributed by atoms with Crippen molar-refractivity contribution in [2.24, 2.45) is 5.92 Å². The first-order chi connectivity index (χ1) is 14.2. The number of halogens is 1. The van der Waals surface area contributed by atoms with Crippen LogP contribution in [0.3, 0.4) is 0 Å². The maximum Gasteiger partial charge on any atom is 0.100 e. The number of methoxy groups -OCH3 is 1. The van der Waals surface area contributed by atoms with Crippen LogP contribution in [0.25, 0.3) is 0 Å². The summed E-state index contributed by atoms with van der Waals surface area (Å²) in [4.78, 5) is 0. The lowest BCUT2D eigenvalue weighted by molar-refractivity contribution is -0.169. The highest BCUT2D eigenvalue weighted by atomic mass is 79.9. The Bertz CT molecular complexity index is 752. The second kappa shape index (κ2) is 10.1. The predicted molar refractivity (Wildman–Crippen MR) is 127 cm³/mol. The fraction of sp³-hybridized carbons (Fsp3) is 0.667. The van der Waals surface area contributed by atoms with Crippen molar-refractivity contribution in [3.63, 3.8) is 0 Å². The number of epoxide rings is 1. The number of thioether (sulfide) groups is 1. The van der Waals surface area contributed by atoms with Gasteiger partial charge in [-0.05, 0) is 63.8 Å². The maximum atomic E-state index is 11.8. The molecule has 2 N–H and O–H groups in total. The molecule has 4 nitrogen and oxygen atoms in total. The number of rotatable bonds is 9. The first-order valence-electron chi connectivity index (χ1n) is 10.8. The normalized spacial score (nSPS) is 35.8. The third-order valence-corrected chi connectivity index (χ3v) is 8.56. The smallest absolute Gasteiger partial charge is 0.100 e. The molecule has 2 aliphatic rings. The summed E-state index contributed by atoms with van der Waals surface area (Å²) in [5.41, 5.74) is 1.14. The second-order valence-electron chi connectivity index (χ2n) is 9.09. The first-order valence-corrected chi connectivity index (χ1v) is 12.7. The van der Waals surface area contributed by atoms with Gasteiger partial charge in [0.05, 0.1) is 23.9 Å². The summed E-state index contributed by atoms with van der Waals surface area (Å²) in [6, 6.07) is 8.27. The lowest BCUT2D eigenvalue weighted by atomic mass is 9.66. The fourth-order valence-electron chi connectivity index (χ4n) is 4.86. The van der Waals surface area contributed by atoms with E-state index in [-0.39, 0.29) is 12.0 Å². The summed E-state index contributed by atoms with van der Waals surface area (Å²) in [5.74, 6) is 1.28. The van der Waals surface area contributed by atoms with E-state index in [9.17, 15) is 10.2 Å². The van der Waals surface area contributed by atoms with E-state index in [1.165, 1.54) is 11.1 Å². The Kier molecular flexibility index (Phi) is 8.13. The zero-order valence-electron chi connectivity index (χ0n) is 18.4. The van der Waals surface area contributed by atoms with E-state index in [1.807, 2.05) is 6.07 Å². The van der Waals surface area contributed by atoms with Gasteiger partial charge in [0.15, 0.2) is 0 Å². The van der Waals surface area contributed by atoms with Crippen LogP contribution in [0.15, 0.2) is 40.4 Å². The molecule has 0 amide bonds. The Morgan fingerprint density at radius 1 is 1.37 bits per heavy atom. The Morgan fingerprint density at radius 3 is 2.77 bits per heavy atom. The van der Waals surface area contributed by atoms with Gasteiger partial charge < -0.3 is 19.7 Å². The van der Waals surface area contributed by atoms with Crippen molar-refractivity contribution < 1.29 is 19.7 Å². The standard InChI is InChI=1S/C24H35BrO4S/c1-16(2)9-10-20-23(3,29-20)22-21(28-4)19(26)11-13-24(22,27)15-30-14-12-17-7-5-6-8-18(17)25/h5-9,19-22,26-27H,10-15H2,1-4H3. The molecule has 1 heterocycles. The third-order valence-electron chi connectivity index (χ3n) is 6.59. The van der Waals surface area contributed by atoms with Gasteiger partial charge in [-0.25, -0.2) is 0 Å². The zero-order chi connectivity index (χ0) is 21.9. The molecule has 0 radical (unpaired) electrons. The van der Waals surface area contributed by atoms with E-state index in [4.69, 9.17) is 9.47 Å². The molecule has 1 saturated carbocycles. The highest BCUT2D eigenvalue weighted by Crippen LogP contribution is 2.54. The summed E-state index contributed by atoms with van der Waals surface area (Å²) in [5, 5.41) is 22.4. The summed E-state index contributed by atoms with van der Waals surface area (Å²) in [6.07, 6.45) is 4.12. The molecule has 6 heteroatoms. The van der Waals surface area contributed by atoms with Crippen LogP contribution in [0, 0.1) is 5.92 Å². The Labute approximate surface area is 193 Å². The fourth-order valence-corrected chi connectivity index (χ4v) is 6.53. The summed E-state index contributed by atoms with van der Waals surface area (Å²) in [7, 11) is 1.63. The minimum Gasteiger partial charge on any atom is -0.390 e. The molecule has 1 aromatic rings. The highest BCUT2D eigenvalue weighted by Gasteiger charge is 2.66. The van der Waals surface area contributed by atoms with Gasteiger partial charge in [0.25, 0.3) is 0 Å². The average molecular weight is 500 g/mol. The van der Waals surface area contributed by atoms with Crippen molar-refractivity contribution in [2.75, 3.05) is 18.6 Å². The van der Waals surface area contributed by atoms with Gasteiger partial charge in [-0.1, -0.05) is 45.8 Å². The summed E-state index contributed by atoms with van der Waals surface area (Å²) >= 11 is 5.38. The van der Waals surface area contributed by atoms with Crippen molar-refractivity contribution in [3.05, 3.63) is 46.0 Å². The van der Waals surface area contributed by atoms with Gasteiger partial charge in [0, 0.05) is 23.3 Å². The molecule has 0 aromatic heterocycles. The zero-order valence-corrected chi connectivity index (χ0v) is 20.8. The molecule has 1 aliphatic carbocycles. The Balaban J connectivity index is 1.68. The van der Waals surface area contributed by atoms with Crippen LogP contribution >= 0.6 is 27.7 Å². The lowest BCUT2D eigenvalue weighted by Gasteiger charge is -2.48. The number of ether oxygens (including phenoxy) is 2. The monoisotopic (exact) mass is 498 g/mol. The van der Waals surface area contributed by atoms with E-state index in [2.05, 4.69) is 61.0 Å². The van der Waals surface area contributed by atoms with Gasteiger partial charge in [0.2, 0.25) is 0 Å². The molecule has 3 rings (SSSR count). The number of aliphatic hydroxyl groups excluding tert-OH is 1. The Morgan fingerprint density at radius 2 is 2.10 bits per heavy atom. The molecule has 168 valence electrons. The van der Waals surface area contributed by atoms with Crippen LogP contribution in [-0.4, -0.2) is 58.3 Å². The summed E-state index contributed by atoms with van der Waals surface area (Å²) < 4.78 is 13.0. The number of aryl methyl sites for hydroxylation is 1. The molecule has 1 aromatic carbocycles. The minimum atomic E-state index is -0.924. The SMILES string of the molecule is COC1C(O)CCC(O)(CSCCc2ccccc2Br)C1C1(C)OC1CC=C(C)C. The van der Waals surface area contributed by atoms with Crippen molar-refractivity contribution in [3.8, 4) is 0 Å². The number of hydrogen-bond acceptors (Lipinski definition) is 5. The molecular weight excluding hydrogens is 464 g/mol. The topological polar surface area (TPSA) is 62.2 Å². The maximum absolute atomic E-state index is 11.8. The highest BCUT2D eigenvalue weighted by molar-refractivity contribution is 9.10. The third kappa shape index (κ3) is 5.33. The molecule has 2 fully saturated rings. The van der Waals surface area contributed by atoms with Gasteiger partial charge in [-0.2, -0.15) is 11.8 Å². The van der Waals surface area contributed by atoms with Gasteiger partial charge >= 0.3 is 0 Å². The van der Waals surface area contributed by atoms with Gasteiger partial charge in [-0.15, -0.1) is 0 Å². The molecule has 1 saturated heterocycles.